The third kappa shape index (κ3) is 6.22. The molecule has 4 heteroatoms. The Morgan fingerprint density at radius 3 is 2.60 bits per heavy atom. The third-order valence-corrected chi connectivity index (χ3v) is 4.14. The molecule has 0 atom stereocenters. The van der Waals surface area contributed by atoms with E-state index in [9.17, 15) is 4.79 Å². The summed E-state index contributed by atoms with van der Waals surface area (Å²) in [6, 6.07) is 12.2. The Bertz CT molecular complexity index is 663. The first kappa shape index (κ1) is 19.0. The van der Waals surface area contributed by atoms with Gasteiger partial charge in [-0.15, -0.1) is 0 Å². The van der Waals surface area contributed by atoms with Crippen molar-refractivity contribution in [2.45, 2.75) is 46.6 Å². The number of nitrogens with zero attached hydrogens (tertiary/aromatic N) is 1. The third-order valence-electron chi connectivity index (χ3n) is 4.14. The molecule has 1 aliphatic carbocycles. The van der Waals surface area contributed by atoms with Gasteiger partial charge in [0.2, 0.25) is 0 Å². The van der Waals surface area contributed by atoms with Gasteiger partial charge in [0.05, 0.1) is 0 Å². The molecule has 3 rings (SSSR count). The highest BCUT2D eigenvalue weighted by molar-refractivity contribution is 5.92. The molecule has 2 N–H and O–H groups in total. The molecule has 0 saturated heterocycles. The number of rotatable bonds is 7. The van der Waals surface area contributed by atoms with Gasteiger partial charge in [-0.05, 0) is 54.5 Å². The van der Waals surface area contributed by atoms with Crippen molar-refractivity contribution in [1.82, 2.24) is 10.3 Å². The van der Waals surface area contributed by atoms with E-state index < -0.39 is 0 Å². The Morgan fingerprint density at radius 2 is 1.96 bits per heavy atom. The van der Waals surface area contributed by atoms with Crippen molar-refractivity contribution < 1.29 is 4.79 Å². The molecular weight excluding hydrogens is 310 g/mol. The van der Waals surface area contributed by atoms with E-state index in [2.05, 4.69) is 46.8 Å². The molecular formula is C21H29N3O. The summed E-state index contributed by atoms with van der Waals surface area (Å²) in [6.45, 7) is 7.62. The molecule has 0 spiro atoms. The number of aryl methyl sites for hydroxylation is 1. The van der Waals surface area contributed by atoms with Crippen LogP contribution in [0.15, 0.2) is 42.6 Å². The number of benzene rings is 1. The Kier molecular flexibility index (Phi) is 7.45. The van der Waals surface area contributed by atoms with Gasteiger partial charge in [-0.3, -0.25) is 9.78 Å². The number of hydrogen-bond acceptors (Lipinski definition) is 3. The predicted octanol–water partition coefficient (Wildman–Crippen LogP) is 4.42. The molecule has 1 aromatic carbocycles. The van der Waals surface area contributed by atoms with Crippen molar-refractivity contribution in [2.75, 3.05) is 11.9 Å². The highest BCUT2D eigenvalue weighted by atomic mass is 16.1. The van der Waals surface area contributed by atoms with Crippen LogP contribution in [-0.4, -0.2) is 17.4 Å². The normalized spacial score (nSPS) is 12.8. The average molecular weight is 339 g/mol. The van der Waals surface area contributed by atoms with Crippen molar-refractivity contribution in [2.24, 2.45) is 5.92 Å². The number of amides is 1. The van der Waals surface area contributed by atoms with Crippen LogP contribution in [0.2, 0.25) is 0 Å². The van der Waals surface area contributed by atoms with E-state index in [0.717, 1.165) is 24.2 Å². The van der Waals surface area contributed by atoms with Crippen molar-refractivity contribution in [3.8, 4) is 0 Å². The van der Waals surface area contributed by atoms with E-state index in [1.807, 2.05) is 19.9 Å². The van der Waals surface area contributed by atoms with Crippen molar-refractivity contribution >= 4 is 11.6 Å². The maximum atomic E-state index is 11.9. The fraction of sp³-hybridized carbons (Fsp3) is 0.429. The van der Waals surface area contributed by atoms with Crippen molar-refractivity contribution in [3.05, 3.63) is 59.4 Å². The lowest BCUT2D eigenvalue weighted by Crippen LogP contribution is -2.26. The van der Waals surface area contributed by atoms with E-state index in [1.54, 1.807) is 12.3 Å². The zero-order valence-corrected chi connectivity index (χ0v) is 15.5. The molecule has 1 aromatic heterocycles. The van der Waals surface area contributed by atoms with Gasteiger partial charge in [-0.2, -0.15) is 0 Å². The van der Waals surface area contributed by atoms with Gasteiger partial charge in [0.25, 0.3) is 5.91 Å². The number of carbonyl (C=O) groups excluding carboxylic acids is 1. The Labute approximate surface area is 151 Å². The van der Waals surface area contributed by atoms with Gasteiger partial charge in [-0.1, -0.05) is 39.0 Å². The number of nitrogens with one attached hydrogen (secondary N) is 2. The smallest absolute Gasteiger partial charge is 0.269 e. The van der Waals surface area contributed by atoms with Gasteiger partial charge in [0, 0.05) is 25.0 Å². The zero-order chi connectivity index (χ0) is 18.1. The Hall–Kier alpha value is -2.36. The molecule has 0 aliphatic heterocycles. The predicted molar refractivity (Wildman–Crippen MR) is 104 cm³/mol. The first-order valence-corrected chi connectivity index (χ1v) is 9.30. The van der Waals surface area contributed by atoms with Crippen LogP contribution in [0.3, 0.4) is 0 Å². The first-order valence-electron chi connectivity index (χ1n) is 9.30. The van der Waals surface area contributed by atoms with E-state index >= 15 is 0 Å². The summed E-state index contributed by atoms with van der Waals surface area (Å²) < 4.78 is 0. The monoisotopic (exact) mass is 339 g/mol. The lowest BCUT2D eigenvalue weighted by molar-refractivity contribution is 0.0947. The van der Waals surface area contributed by atoms with E-state index in [4.69, 9.17) is 0 Å². The van der Waals surface area contributed by atoms with Crippen LogP contribution in [0.4, 0.5) is 5.69 Å². The van der Waals surface area contributed by atoms with Gasteiger partial charge in [0.15, 0.2) is 0 Å². The van der Waals surface area contributed by atoms with Crippen LogP contribution in [0.25, 0.3) is 0 Å². The summed E-state index contributed by atoms with van der Waals surface area (Å²) in [5.41, 5.74) is 3.97. The highest BCUT2D eigenvalue weighted by Gasteiger charge is 2.22. The molecule has 1 amide bonds. The molecule has 2 aromatic rings. The first-order chi connectivity index (χ1) is 12.2. The quantitative estimate of drug-likeness (QED) is 0.785. The summed E-state index contributed by atoms with van der Waals surface area (Å²) >= 11 is 0. The van der Waals surface area contributed by atoms with Gasteiger partial charge in [0.1, 0.15) is 5.69 Å². The lowest BCUT2D eigenvalue weighted by Gasteiger charge is -2.08. The topological polar surface area (TPSA) is 54.0 Å². The Morgan fingerprint density at radius 1 is 1.16 bits per heavy atom. The van der Waals surface area contributed by atoms with Crippen LogP contribution in [0.5, 0.6) is 0 Å². The maximum absolute atomic E-state index is 11.9. The molecule has 0 bridgehead atoms. The second-order valence-electron chi connectivity index (χ2n) is 6.11. The van der Waals surface area contributed by atoms with E-state index in [0.29, 0.717) is 18.2 Å². The van der Waals surface area contributed by atoms with E-state index in [1.165, 1.54) is 18.4 Å². The second-order valence-corrected chi connectivity index (χ2v) is 6.11. The largest absolute Gasteiger partial charge is 0.381 e. The number of carbonyl (C=O) groups is 1. The molecule has 134 valence electrons. The van der Waals surface area contributed by atoms with Crippen LogP contribution in [0.1, 0.15) is 55.2 Å². The SMILES string of the molecule is CC.CCc1cccc(NCc2ccc(C(=O)NCC3CC3)nc2)c1. The van der Waals surface area contributed by atoms with Crippen LogP contribution >= 0.6 is 0 Å². The number of hydrogen-bond donors (Lipinski definition) is 2. The Balaban J connectivity index is 0.00000109. The molecule has 4 nitrogen and oxygen atoms in total. The summed E-state index contributed by atoms with van der Waals surface area (Å²) in [6.07, 6.45) is 5.26. The minimum Gasteiger partial charge on any atom is -0.381 e. The molecule has 1 aliphatic rings. The number of anilines is 1. The lowest BCUT2D eigenvalue weighted by atomic mass is 10.1. The minimum atomic E-state index is -0.0768. The van der Waals surface area contributed by atoms with Crippen molar-refractivity contribution in [1.29, 1.82) is 0 Å². The van der Waals surface area contributed by atoms with E-state index in [-0.39, 0.29) is 5.91 Å². The fourth-order valence-corrected chi connectivity index (χ4v) is 2.42. The number of pyridine rings is 1. The van der Waals surface area contributed by atoms with Crippen LogP contribution in [-0.2, 0) is 13.0 Å². The zero-order valence-electron chi connectivity index (χ0n) is 15.5. The van der Waals surface area contributed by atoms with Gasteiger partial charge >= 0.3 is 0 Å². The maximum Gasteiger partial charge on any atom is 0.269 e. The summed E-state index contributed by atoms with van der Waals surface area (Å²) in [7, 11) is 0. The fourth-order valence-electron chi connectivity index (χ4n) is 2.42. The summed E-state index contributed by atoms with van der Waals surface area (Å²) in [4.78, 5) is 16.2. The van der Waals surface area contributed by atoms with Crippen LogP contribution < -0.4 is 10.6 Å². The molecule has 0 radical (unpaired) electrons. The minimum absolute atomic E-state index is 0.0768. The van der Waals surface area contributed by atoms with Gasteiger partial charge < -0.3 is 10.6 Å². The van der Waals surface area contributed by atoms with Gasteiger partial charge in [-0.25, -0.2) is 0 Å². The highest BCUT2D eigenvalue weighted by Crippen LogP contribution is 2.27. The average Bonchev–Trinajstić information content (AvgIpc) is 3.51. The standard InChI is InChI=1S/C19H23N3O.C2H6/c1-2-14-4-3-5-17(10-14)20-12-16-8-9-18(21-13-16)19(23)22-11-15-6-7-15;1-2/h3-5,8-10,13,15,20H,2,6-7,11-12H2,1H3,(H,22,23);1-2H3. The number of aromatic nitrogens is 1. The summed E-state index contributed by atoms with van der Waals surface area (Å²) in [5, 5.41) is 6.33. The second kappa shape index (κ2) is 9.82. The molecule has 25 heavy (non-hydrogen) atoms. The van der Waals surface area contributed by atoms with Crippen molar-refractivity contribution in [3.63, 3.8) is 0 Å². The summed E-state index contributed by atoms with van der Waals surface area (Å²) in [5.74, 6) is 0.605. The van der Waals surface area contributed by atoms with Crippen LogP contribution in [0, 0.1) is 5.92 Å². The molecule has 1 saturated carbocycles. The molecule has 0 unspecified atom stereocenters. The molecule has 1 fully saturated rings. The molecule has 1 heterocycles.